The Kier molecular flexibility index (Phi) is 2.75. The molecule has 1 fully saturated rings. The second-order valence-corrected chi connectivity index (χ2v) is 5.37. The van der Waals surface area contributed by atoms with Crippen LogP contribution in [0.4, 0.5) is 0 Å². The van der Waals surface area contributed by atoms with Crippen molar-refractivity contribution in [1.82, 2.24) is 4.72 Å². The zero-order valence-corrected chi connectivity index (χ0v) is 8.28. The third kappa shape index (κ3) is 2.43. The van der Waals surface area contributed by atoms with Crippen molar-refractivity contribution in [3.8, 4) is 0 Å². The van der Waals surface area contributed by atoms with Gasteiger partial charge in [0.15, 0.2) is 0 Å². The molecular weight excluding hydrogens is 178 g/mol. The van der Waals surface area contributed by atoms with Gasteiger partial charge in [-0.15, -0.1) is 0 Å². The van der Waals surface area contributed by atoms with Crippen LogP contribution in [0.2, 0.25) is 0 Å². The summed E-state index contributed by atoms with van der Waals surface area (Å²) in [5.41, 5.74) is -0.166. The predicted molar refractivity (Wildman–Crippen MR) is 46.4 cm³/mol. The van der Waals surface area contributed by atoms with Gasteiger partial charge in [-0.1, -0.05) is 13.8 Å². The van der Waals surface area contributed by atoms with Gasteiger partial charge in [-0.05, 0) is 0 Å². The molecule has 0 aliphatic carbocycles. The molecule has 1 rings (SSSR count). The Balaban J connectivity index is 2.49. The molecule has 1 heterocycles. The Morgan fingerprint density at radius 2 is 2.08 bits per heavy atom. The molecule has 0 radical (unpaired) electrons. The van der Waals surface area contributed by atoms with Crippen LogP contribution in [-0.4, -0.2) is 33.9 Å². The van der Waals surface area contributed by atoms with E-state index in [0.717, 1.165) is 0 Å². The first-order valence-electron chi connectivity index (χ1n) is 4.02. The zero-order chi connectivity index (χ0) is 9.24. The van der Waals surface area contributed by atoms with Crippen molar-refractivity contribution in [2.75, 3.05) is 25.5 Å². The molecule has 0 aromatic carbocycles. The van der Waals surface area contributed by atoms with Crippen LogP contribution in [0.1, 0.15) is 13.8 Å². The Morgan fingerprint density at radius 3 is 2.42 bits per heavy atom. The van der Waals surface area contributed by atoms with Crippen LogP contribution in [0.15, 0.2) is 0 Å². The fraction of sp³-hybridized carbons (Fsp3) is 1.00. The number of hydrogen-bond acceptors (Lipinski definition) is 3. The topological polar surface area (TPSA) is 55.4 Å². The van der Waals surface area contributed by atoms with Crippen LogP contribution in [-0.2, 0) is 14.8 Å². The lowest BCUT2D eigenvalue weighted by Gasteiger charge is -2.37. The minimum Gasteiger partial charge on any atom is -0.380 e. The molecule has 0 saturated carbocycles. The van der Waals surface area contributed by atoms with Gasteiger partial charge in [-0.25, -0.2) is 13.1 Å². The molecule has 4 nitrogen and oxygen atoms in total. The molecule has 5 heteroatoms. The monoisotopic (exact) mass is 193 g/mol. The summed E-state index contributed by atoms with van der Waals surface area (Å²) in [6, 6.07) is 0. The van der Waals surface area contributed by atoms with Crippen LogP contribution in [0, 0.1) is 5.41 Å². The first-order chi connectivity index (χ1) is 5.47. The highest BCUT2D eigenvalue weighted by molar-refractivity contribution is 7.89. The molecule has 0 aromatic rings. The molecule has 1 aliphatic heterocycles. The highest BCUT2D eigenvalue weighted by atomic mass is 32.2. The number of rotatable bonds is 4. The van der Waals surface area contributed by atoms with Gasteiger partial charge < -0.3 is 4.74 Å². The van der Waals surface area contributed by atoms with E-state index in [9.17, 15) is 8.42 Å². The van der Waals surface area contributed by atoms with Crippen molar-refractivity contribution in [3.05, 3.63) is 0 Å². The van der Waals surface area contributed by atoms with Crippen LogP contribution in [0.25, 0.3) is 0 Å². The number of sulfonamides is 1. The van der Waals surface area contributed by atoms with Gasteiger partial charge in [-0.2, -0.15) is 0 Å². The lowest BCUT2D eigenvalue weighted by molar-refractivity contribution is -0.0871. The SMILES string of the molecule is CCNS(=O)(=O)CC1(C)COC1. The molecule has 0 bridgehead atoms. The number of hydrogen-bond donors (Lipinski definition) is 1. The van der Waals surface area contributed by atoms with Crippen LogP contribution in [0.5, 0.6) is 0 Å². The quantitative estimate of drug-likeness (QED) is 0.681. The number of nitrogens with one attached hydrogen (secondary N) is 1. The molecule has 1 aliphatic rings. The van der Waals surface area contributed by atoms with E-state index >= 15 is 0 Å². The Hall–Kier alpha value is -0.130. The minimum atomic E-state index is -3.08. The van der Waals surface area contributed by atoms with Gasteiger partial charge in [-0.3, -0.25) is 0 Å². The van der Waals surface area contributed by atoms with Crippen molar-refractivity contribution >= 4 is 10.0 Å². The maximum atomic E-state index is 11.3. The smallest absolute Gasteiger partial charge is 0.212 e. The van der Waals surface area contributed by atoms with Gasteiger partial charge in [0.25, 0.3) is 0 Å². The zero-order valence-electron chi connectivity index (χ0n) is 7.46. The van der Waals surface area contributed by atoms with E-state index < -0.39 is 10.0 Å². The summed E-state index contributed by atoms with van der Waals surface area (Å²) >= 11 is 0. The molecule has 1 saturated heterocycles. The normalized spacial score (nSPS) is 21.8. The van der Waals surface area contributed by atoms with Gasteiger partial charge in [0.1, 0.15) is 0 Å². The van der Waals surface area contributed by atoms with E-state index in [-0.39, 0.29) is 11.2 Å². The van der Waals surface area contributed by atoms with Gasteiger partial charge >= 0.3 is 0 Å². The van der Waals surface area contributed by atoms with Gasteiger partial charge in [0.05, 0.1) is 19.0 Å². The third-order valence-electron chi connectivity index (χ3n) is 1.80. The Bertz CT molecular complexity index is 243. The molecule has 0 amide bonds. The largest absolute Gasteiger partial charge is 0.380 e. The second kappa shape index (κ2) is 3.32. The minimum absolute atomic E-state index is 0.166. The van der Waals surface area contributed by atoms with Crippen molar-refractivity contribution in [2.24, 2.45) is 5.41 Å². The first-order valence-corrected chi connectivity index (χ1v) is 5.68. The highest BCUT2D eigenvalue weighted by Crippen LogP contribution is 2.27. The lowest BCUT2D eigenvalue weighted by atomic mass is 9.92. The van der Waals surface area contributed by atoms with Crippen LogP contribution >= 0.6 is 0 Å². The van der Waals surface area contributed by atoms with Gasteiger partial charge in [0, 0.05) is 12.0 Å². The third-order valence-corrected chi connectivity index (χ3v) is 3.61. The molecule has 12 heavy (non-hydrogen) atoms. The van der Waals surface area contributed by atoms with E-state index in [1.807, 2.05) is 6.92 Å². The Morgan fingerprint density at radius 1 is 1.50 bits per heavy atom. The van der Waals surface area contributed by atoms with Crippen LogP contribution < -0.4 is 4.72 Å². The Labute approximate surface area is 73.3 Å². The van der Waals surface area contributed by atoms with E-state index in [1.165, 1.54) is 0 Å². The summed E-state index contributed by atoms with van der Waals surface area (Å²) in [4.78, 5) is 0. The standard InChI is InChI=1S/C7H15NO3S/c1-3-8-12(9,10)6-7(2)4-11-5-7/h8H,3-6H2,1-2H3. The fourth-order valence-corrected chi connectivity index (χ4v) is 2.89. The lowest BCUT2D eigenvalue weighted by Crippen LogP contribution is -2.47. The summed E-state index contributed by atoms with van der Waals surface area (Å²) in [5.74, 6) is 0.174. The van der Waals surface area contributed by atoms with Gasteiger partial charge in [0.2, 0.25) is 10.0 Å². The maximum Gasteiger partial charge on any atom is 0.212 e. The fourth-order valence-electron chi connectivity index (χ4n) is 1.26. The molecule has 1 N–H and O–H groups in total. The second-order valence-electron chi connectivity index (χ2n) is 3.56. The summed E-state index contributed by atoms with van der Waals surface area (Å²) in [5, 5.41) is 0. The van der Waals surface area contributed by atoms with Crippen molar-refractivity contribution in [2.45, 2.75) is 13.8 Å². The molecular formula is C7H15NO3S. The van der Waals surface area contributed by atoms with E-state index in [0.29, 0.717) is 19.8 Å². The number of ether oxygens (including phenoxy) is 1. The summed E-state index contributed by atoms with van der Waals surface area (Å²) in [7, 11) is -3.08. The van der Waals surface area contributed by atoms with Crippen molar-refractivity contribution < 1.29 is 13.2 Å². The van der Waals surface area contributed by atoms with Crippen LogP contribution in [0.3, 0.4) is 0 Å². The summed E-state index contributed by atoms with van der Waals surface area (Å²) in [6.45, 7) is 5.26. The summed E-state index contributed by atoms with van der Waals surface area (Å²) in [6.07, 6.45) is 0. The van der Waals surface area contributed by atoms with E-state index in [2.05, 4.69) is 4.72 Å². The molecule has 0 aromatic heterocycles. The molecule has 72 valence electrons. The molecule has 0 atom stereocenters. The average molecular weight is 193 g/mol. The summed E-state index contributed by atoms with van der Waals surface area (Å²) < 4.78 is 30.0. The highest BCUT2D eigenvalue weighted by Gasteiger charge is 2.37. The molecule has 0 spiro atoms. The molecule has 0 unspecified atom stereocenters. The maximum absolute atomic E-state index is 11.3. The first kappa shape index (κ1) is 9.95. The predicted octanol–water partition coefficient (Wildman–Crippen LogP) is -0.0378. The van der Waals surface area contributed by atoms with Crippen molar-refractivity contribution in [1.29, 1.82) is 0 Å². The van der Waals surface area contributed by atoms with E-state index in [4.69, 9.17) is 4.74 Å². The van der Waals surface area contributed by atoms with Crippen molar-refractivity contribution in [3.63, 3.8) is 0 Å². The average Bonchev–Trinajstić information content (AvgIpc) is 1.83. The van der Waals surface area contributed by atoms with E-state index in [1.54, 1.807) is 6.92 Å².